The number of ether oxygens (including phenoxy) is 7. The van der Waals surface area contributed by atoms with Crippen molar-refractivity contribution in [2.75, 3.05) is 112 Å². The van der Waals surface area contributed by atoms with Gasteiger partial charge >= 0.3 is 0 Å². The Morgan fingerprint density at radius 3 is 1.84 bits per heavy atom. The molecule has 1 saturated heterocycles. The number of hydrogen-bond donors (Lipinski definition) is 3. The molecule has 2 aromatic rings. The number of nitrogens with one attached hydrogen (secondary N) is 2. The first kappa shape index (κ1) is 53.9. The Morgan fingerprint density at radius 1 is 0.828 bits per heavy atom. The van der Waals surface area contributed by atoms with Crippen molar-refractivity contribution >= 4 is 29.1 Å². The van der Waals surface area contributed by atoms with E-state index in [0.717, 1.165) is 21.7 Å². The van der Waals surface area contributed by atoms with Crippen LogP contribution < -0.4 is 10.6 Å². The number of carbonyl (C=O) groups excluding carboxylic acids is 3. The van der Waals surface area contributed by atoms with Crippen molar-refractivity contribution in [1.29, 1.82) is 0 Å². The smallest absolute Gasteiger partial charge is 0.246 e. The first-order chi connectivity index (χ1) is 30.7. The zero-order chi connectivity index (χ0) is 46.8. The lowest BCUT2D eigenvalue weighted by atomic mass is 9.85. The van der Waals surface area contributed by atoms with Crippen LogP contribution >= 0.6 is 11.3 Å². The van der Waals surface area contributed by atoms with Crippen molar-refractivity contribution in [2.24, 2.45) is 21.1 Å². The summed E-state index contributed by atoms with van der Waals surface area (Å²) in [5.74, 6) is -1.41. The van der Waals surface area contributed by atoms with Crippen molar-refractivity contribution in [3.05, 3.63) is 61.9 Å². The molecular formula is C42H66N10O11S. The molecule has 64 heavy (non-hydrogen) atoms. The summed E-state index contributed by atoms with van der Waals surface area (Å²) < 4.78 is 39.5. The number of carbonyl (C=O) groups is 3. The van der Waals surface area contributed by atoms with E-state index in [4.69, 9.17) is 44.2 Å². The first-order valence-corrected chi connectivity index (χ1v) is 22.2. The molecule has 0 unspecified atom stereocenters. The second-order valence-electron chi connectivity index (χ2n) is 16.6. The molecule has 1 aliphatic heterocycles. The number of amides is 3. The SMILES string of the molecule is Cc1ncsc1-c1ccc([C@H](C)NC(=O)[C@@H]2C[C@@H](O)CN2C(=O)[C@@H](NC(=O)COCC(C)(COCCOCCOCCN=[N+]=[N-])COCCOCCOCCN=[N+]=[N-])C(C)(C)C)cc1. The van der Waals surface area contributed by atoms with Crippen LogP contribution in [0.4, 0.5) is 0 Å². The van der Waals surface area contributed by atoms with E-state index in [9.17, 15) is 19.5 Å². The molecule has 0 aliphatic carbocycles. The zero-order valence-electron chi connectivity index (χ0n) is 37.9. The average Bonchev–Trinajstić information content (AvgIpc) is 3.88. The number of aliphatic hydroxyl groups excluding tert-OH is 1. The van der Waals surface area contributed by atoms with Crippen LogP contribution in [0.1, 0.15) is 58.3 Å². The molecule has 2 heterocycles. The van der Waals surface area contributed by atoms with Gasteiger partial charge in [0.25, 0.3) is 0 Å². The lowest BCUT2D eigenvalue weighted by Gasteiger charge is -2.35. The Kier molecular flexibility index (Phi) is 24.6. The molecule has 3 rings (SSSR count). The van der Waals surface area contributed by atoms with Crippen LogP contribution in [0.2, 0.25) is 0 Å². The summed E-state index contributed by atoms with van der Waals surface area (Å²) in [5.41, 5.74) is 19.9. The third kappa shape index (κ3) is 19.7. The minimum absolute atomic E-state index is 0.0547. The van der Waals surface area contributed by atoms with Gasteiger partial charge in [-0.05, 0) is 41.5 Å². The lowest BCUT2D eigenvalue weighted by Crippen LogP contribution is -2.58. The first-order valence-electron chi connectivity index (χ1n) is 21.3. The number of azide groups is 2. The molecule has 1 fully saturated rings. The summed E-state index contributed by atoms with van der Waals surface area (Å²) >= 11 is 1.56. The molecule has 1 aromatic carbocycles. The van der Waals surface area contributed by atoms with Gasteiger partial charge in [-0.1, -0.05) is 62.2 Å². The van der Waals surface area contributed by atoms with Crippen LogP contribution in [-0.2, 0) is 47.5 Å². The van der Waals surface area contributed by atoms with Crippen molar-refractivity contribution in [3.63, 3.8) is 0 Å². The number of likely N-dealkylation sites (tertiary alicyclic amines) is 1. The number of aryl methyl sites for hydroxylation is 1. The standard InChI is InChI=1S/C42H66N10O11S/c1-30(32-7-9-33(10-8-32)37-31(2)45-29-64-37)48-39(55)35-23-34(53)24-52(35)40(56)38(41(3,4)5)49-36(54)25-63-28-42(6,26-61-21-19-59-17-15-57-13-11-46-50-43)27-62-22-20-60-18-16-58-14-12-47-51-44/h7-10,29-30,34-35,38,53H,11-28H2,1-6H3,(H,48,55)(H,49,54)/t30-,34+,35-,38+/m0/s1. The summed E-state index contributed by atoms with van der Waals surface area (Å²) in [6.07, 6.45) is -0.853. The highest BCUT2D eigenvalue weighted by atomic mass is 32.1. The molecule has 1 aromatic heterocycles. The maximum absolute atomic E-state index is 14.2. The number of benzene rings is 1. The predicted octanol–water partition coefficient (Wildman–Crippen LogP) is 4.53. The molecule has 21 nitrogen and oxygen atoms in total. The number of β-amino-alcohol motifs (C(OH)–C–C–N with tert-alkyl or cyclic N) is 1. The van der Waals surface area contributed by atoms with Crippen molar-refractivity contribution in [1.82, 2.24) is 20.5 Å². The number of nitrogens with zero attached hydrogens (tertiary/aromatic N) is 8. The highest BCUT2D eigenvalue weighted by molar-refractivity contribution is 7.13. The van der Waals surface area contributed by atoms with E-state index < -0.39 is 46.7 Å². The topological polar surface area (TPSA) is 274 Å². The van der Waals surface area contributed by atoms with Crippen LogP contribution in [0, 0.1) is 17.8 Å². The number of thiazole rings is 1. The van der Waals surface area contributed by atoms with Crippen LogP contribution in [0.25, 0.3) is 31.3 Å². The van der Waals surface area contributed by atoms with Gasteiger partial charge in [-0.25, -0.2) is 4.98 Å². The van der Waals surface area contributed by atoms with E-state index in [-0.39, 0.29) is 71.7 Å². The number of hydrogen-bond acceptors (Lipinski definition) is 15. The van der Waals surface area contributed by atoms with Gasteiger partial charge < -0.3 is 53.8 Å². The van der Waals surface area contributed by atoms with E-state index >= 15 is 0 Å². The molecule has 0 bridgehead atoms. The number of aliphatic hydroxyl groups is 1. The quantitative estimate of drug-likeness (QED) is 0.0395. The van der Waals surface area contributed by atoms with Crippen molar-refractivity contribution in [3.8, 4) is 10.4 Å². The lowest BCUT2D eigenvalue weighted by molar-refractivity contribution is -0.145. The fraction of sp³-hybridized carbons (Fsp3) is 0.714. The predicted molar refractivity (Wildman–Crippen MR) is 238 cm³/mol. The van der Waals surface area contributed by atoms with Gasteiger partial charge in [-0.2, -0.15) is 0 Å². The molecule has 356 valence electrons. The minimum atomic E-state index is -1.03. The molecule has 0 saturated carbocycles. The third-order valence-electron chi connectivity index (χ3n) is 9.93. The van der Waals surface area contributed by atoms with Crippen LogP contribution in [0.3, 0.4) is 0 Å². The summed E-state index contributed by atoms with van der Waals surface area (Å²) in [4.78, 5) is 53.4. The third-order valence-corrected chi connectivity index (χ3v) is 10.9. The molecule has 3 N–H and O–H groups in total. The highest BCUT2D eigenvalue weighted by Gasteiger charge is 2.44. The maximum atomic E-state index is 14.2. The van der Waals surface area contributed by atoms with Gasteiger partial charge in [0.15, 0.2) is 0 Å². The molecule has 0 radical (unpaired) electrons. The van der Waals surface area contributed by atoms with E-state index in [0.29, 0.717) is 52.9 Å². The molecular weight excluding hydrogens is 853 g/mol. The highest BCUT2D eigenvalue weighted by Crippen LogP contribution is 2.30. The fourth-order valence-electron chi connectivity index (χ4n) is 6.55. The van der Waals surface area contributed by atoms with E-state index in [1.165, 1.54) is 4.90 Å². The fourth-order valence-corrected chi connectivity index (χ4v) is 7.36. The van der Waals surface area contributed by atoms with Gasteiger partial charge in [0, 0.05) is 41.3 Å². The van der Waals surface area contributed by atoms with Gasteiger partial charge in [-0.15, -0.1) is 11.3 Å². The Balaban J connectivity index is 1.54. The van der Waals surface area contributed by atoms with Crippen LogP contribution in [0.15, 0.2) is 40.0 Å². The Morgan fingerprint density at radius 2 is 1.34 bits per heavy atom. The zero-order valence-corrected chi connectivity index (χ0v) is 38.8. The Bertz CT molecular complexity index is 1760. The van der Waals surface area contributed by atoms with E-state index in [1.807, 2.05) is 65.8 Å². The number of rotatable bonds is 32. The van der Waals surface area contributed by atoms with Gasteiger partial charge in [0.2, 0.25) is 17.7 Å². The largest absolute Gasteiger partial charge is 0.391 e. The molecule has 1 aliphatic rings. The van der Waals surface area contributed by atoms with Crippen LogP contribution in [0.5, 0.6) is 0 Å². The van der Waals surface area contributed by atoms with Crippen LogP contribution in [-0.4, -0.2) is 163 Å². The van der Waals surface area contributed by atoms with Gasteiger partial charge in [0.05, 0.1) is 114 Å². The molecule has 22 heteroatoms. The van der Waals surface area contributed by atoms with Gasteiger partial charge in [0.1, 0.15) is 18.7 Å². The summed E-state index contributed by atoms with van der Waals surface area (Å²) in [6.45, 7) is 14.8. The molecule has 0 spiro atoms. The van der Waals surface area contributed by atoms with E-state index in [1.54, 1.807) is 16.8 Å². The van der Waals surface area contributed by atoms with Crippen molar-refractivity contribution < 1.29 is 52.6 Å². The monoisotopic (exact) mass is 918 g/mol. The molecule has 3 amide bonds. The maximum Gasteiger partial charge on any atom is 0.246 e. The number of aromatic nitrogens is 1. The molecule has 4 atom stereocenters. The summed E-state index contributed by atoms with van der Waals surface area (Å²) in [7, 11) is 0. The second-order valence-corrected chi connectivity index (χ2v) is 17.5. The minimum Gasteiger partial charge on any atom is -0.391 e. The Hall–Kier alpha value is -4.44. The van der Waals surface area contributed by atoms with Crippen molar-refractivity contribution in [2.45, 2.75) is 72.2 Å². The van der Waals surface area contributed by atoms with E-state index in [2.05, 4.69) is 35.7 Å². The second kappa shape index (κ2) is 29.2. The van der Waals surface area contributed by atoms with Gasteiger partial charge in [-0.3, -0.25) is 14.4 Å². The summed E-state index contributed by atoms with van der Waals surface area (Å²) in [5, 5.41) is 23.3. The Labute approximate surface area is 379 Å². The summed E-state index contributed by atoms with van der Waals surface area (Å²) in [6, 6.07) is 5.53. The average molecular weight is 919 g/mol. The normalized spacial score (nSPS) is 16.9.